The van der Waals surface area contributed by atoms with E-state index in [4.69, 9.17) is 4.74 Å². The van der Waals surface area contributed by atoms with Crippen molar-refractivity contribution in [2.75, 3.05) is 12.0 Å². The number of hydrogen-bond donors (Lipinski definition) is 2. The van der Waals surface area contributed by atoms with Crippen LogP contribution in [0.1, 0.15) is 5.69 Å². The molecule has 2 N–H and O–H groups in total. The van der Waals surface area contributed by atoms with Gasteiger partial charge in [0.15, 0.2) is 6.73 Å². The zero-order valence-electron chi connectivity index (χ0n) is 10.6. The molecule has 0 fully saturated rings. The number of aryl methyl sites for hydroxylation is 1. The third-order valence-electron chi connectivity index (χ3n) is 2.38. The fourth-order valence-corrected chi connectivity index (χ4v) is 1.42. The molecular formula is C14H15N3O2. The van der Waals surface area contributed by atoms with Gasteiger partial charge in [-0.2, -0.15) is 0 Å². The van der Waals surface area contributed by atoms with E-state index < -0.39 is 0 Å². The number of nitrogens with one attached hydrogen (secondary N) is 2. The average molecular weight is 257 g/mol. The SMILES string of the molecule is Cc1ccc(NC(=O)NCOc2ccccc2)cn1. The Balaban J connectivity index is 1.74. The number of carbonyl (C=O) groups is 1. The zero-order valence-corrected chi connectivity index (χ0v) is 10.6. The molecule has 0 bridgehead atoms. The Bertz CT molecular complexity index is 526. The molecule has 0 radical (unpaired) electrons. The Morgan fingerprint density at radius 3 is 2.68 bits per heavy atom. The molecule has 0 aliphatic heterocycles. The number of nitrogens with zero attached hydrogens (tertiary/aromatic N) is 1. The summed E-state index contributed by atoms with van der Waals surface area (Å²) >= 11 is 0. The third-order valence-corrected chi connectivity index (χ3v) is 2.38. The first-order valence-electron chi connectivity index (χ1n) is 5.89. The summed E-state index contributed by atoms with van der Waals surface area (Å²) in [6.07, 6.45) is 1.60. The Kier molecular flexibility index (Phi) is 4.34. The molecule has 98 valence electrons. The fraction of sp³-hybridized carbons (Fsp3) is 0.143. The molecule has 0 aliphatic carbocycles. The summed E-state index contributed by atoms with van der Waals surface area (Å²) in [7, 11) is 0. The molecular weight excluding hydrogens is 242 g/mol. The van der Waals surface area contributed by atoms with Gasteiger partial charge in [0.2, 0.25) is 0 Å². The Labute approximate surface area is 111 Å². The number of para-hydroxylation sites is 1. The van der Waals surface area contributed by atoms with Gasteiger partial charge < -0.3 is 15.4 Å². The second-order valence-electron chi connectivity index (χ2n) is 3.92. The zero-order chi connectivity index (χ0) is 13.5. The number of carbonyl (C=O) groups excluding carboxylic acids is 1. The maximum atomic E-state index is 11.6. The van der Waals surface area contributed by atoms with Gasteiger partial charge >= 0.3 is 6.03 Å². The molecule has 2 amide bonds. The van der Waals surface area contributed by atoms with Crippen LogP contribution in [0.25, 0.3) is 0 Å². The van der Waals surface area contributed by atoms with E-state index in [-0.39, 0.29) is 12.8 Å². The number of aromatic nitrogens is 1. The van der Waals surface area contributed by atoms with Crippen molar-refractivity contribution in [3.05, 3.63) is 54.4 Å². The topological polar surface area (TPSA) is 63.2 Å². The first-order valence-corrected chi connectivity index (χ1v) is 5.89. The van der Waals surface area contributed by atoms with Crippen LogP contribution in [0, 0.1) is 6.92 Å². The molecule has 1 aromatic heterocycles. The molecule has 19 heavy (non-hydrogen) atoms. The van der Waals surface area contributed by atoms with Crippen LogP contribution >= 0.6 is 0 Å². The summed E-state index contributed by atoms with van der Waals surface area (Å²) in [4.78, 5) is 15.6. The largest absolute Gasteiger partial charge is 0.473 e. The van der Waals surface area contributed by atoms with Crippen LogP contribution in [-0.2, 0) is 0 Å². The van der Waals surface area contributed by atoms with E-state index in [0.29, 0.717) is 11.4 Å². The summed E-state index contributed by atoms with van der Waals surface area (Å²) < 4.78 is 5.35. The predicted molar refractivity (Wildman–Crippen MR) is 73.1 cm³/mol. The monoisotopic (exact) mass is 257 g/mol. The van der Waals surface area contributed by atoms with Crippen LogP contribution in [-0.4, -0.2) is 17.7 Å². The molecule has 1 aromatic carbocycles. The van der Waals surface area contributed by atoms with E-state index in [1.807, 2.05) is 43.3 Å². The number of rotatable bonds is 4. The highest BCUT2D eigenvalue weighted by atomic mass is 16.5. The van der Waals surface area contributed by atoms with Gasteiger partial charge in [0, 0.05) is 5.69 Å². The summed E-state index contributed by atoms with van der Waals surface area (Å²) in [6, 6.07) is 12.6. The first-order chi connectivity index (χ1) is 9.24. The number of ether oxygens (including phenoxy) is 1. The molecule has 5 heteroatoms. The predicted octanol–water partition coefficient (Wildman–Crippen LogP) is 2.55. The lowest BCUT2D eigenvalue weighted by Gasteiger charge is -2.09. The molecule has 0 spiro atoms. The molecule has 2 aromatic rings. The molecule has 2 rings (SSSR count). The number of anilines is 1. The van der Waals surface area contributed by atoms with Gasteiger partial charge in [-0.05, 0) is 31.2 Å². The van der Waals surface area contributed by atoms with Crippen molar-refractivity contribution in [2.24, 2.45) is 0 Å². The van der Waals surface area contributed by atoms with Crippen LogP contribution in [0.5, 0.6) is 5.75 Å². The van der Waals surface area contributed by atoms with Gasteiger partial charge in [0.1, 0.15) is 5.75 Å². The quantitative estimate of drug-likeness (QED) is 0.827. The van der Waals surface area contributed by atoms with Crippen molar-refractivity contribution >= 4 is 11.7 Å². The van der Waals surface area contributed by atoms with Crippen molar-refractivity contribution in [2.45, 2.75) is 6.92 Å². The van der Waals surface area contributed by atoms with Gasteiger partial charge in [0.05, 0.1) is 11.9 Å². The van der Waals surface area contributed by atoms with E-state index in [1.54, 1.807) is 12.3 Å². The minimum atomic E-state index is -0.332. The van der Waals surface area contributed by atoms with Crippen LogP contribution in [0.15, 0.2) is 48.7 Å². The average Bonchev–Trinajstić information content (AvgIpc) is 2.43. The second-order valence-corrected chi connectivity index (χ2v) is 3.92. The van der Waals surface area contributed by atoms with Gasteiger partial charge in [-0.15, -0.1) is 0 Å². The number of pyridine rings is 1. The Morgan fingerprint density at radius 2 is 2.00 bits per heavy atom. The van der Waals surface area contributed by atoms with Crippen molar-refractivity contribution < 1.29 is 9.53 Å². The first kappa shape index (κ1) is 12.9. The van der Waals surface area contributed by atoms with Crippen LogP contribution < -0.4 is 15.4 Å². The molecule has 1 heterocycles. The summed E-state index contributed by atoms with van der Waals surface area (Å²) in [5, 5.41) is 5.26. The fourth-order valence-electron chi connectivity index (χ4n) is 1.42. The van der Waals surface area contributed by atoms with Crippen molar-refractivity contribution in [1.29, 1.82) is 0 Å². The normalized spacial score (nSPS) is 9.74. The Hall–Kier alpha value is -2.56. The van der Waals surface area contributed by atoms with Crippen LogP contribution in [0.2, 0.25) is 0 Å². The van der Waals surface area contributed by atoms with Crippen molar-refractivity contribution in [3.8, 4) is 5.75 Å². The van der Waals surface area contributed by atoms with E-state index in [1.165, 1.54) is 0 Å². The maximum absolute atomic E-state index is 11.6. The standard InChI is InChI=1S/C14H15N3O2/c1-11-7-8-12(9-15-11)17-14(18)16-10-19-13-5-3-2-4-6-13/h2-9H,10H2,1H3,(H2,16,17,18). The lowest BCUT2D eigenvalue weighted by molar-refractivity contribution is 0.234. The minimum absolute atomic E-state index is 0.106. The second kappa shape index (κ2) is 6.39. The highest BCUT2D eigenvalue weighted by molar-refractivity contribution is 5.88. The molecule has 0 saturated carbocycles. The van der Waals surface area contributed by atoms with Crippen molar-refractivity contribution in [3.63, 3.8) is 0 Å². The minimum Gasteiger partial charge on any atom is -0.473 e. The van der Waals surface area contributed by atoms with Crippen LogP contribution in [0.4, 0.5) is 10.5 Å². The maximum Gasteiger partial charge on any atom is 0.321 e. The number of hydrogen-bond acceptors (Lipinski definition) is 3. The van der Waals surface area contributed by atoms with Gasteiger partial charge in [-0.25, -0.2) is 4.79 Å². The lowest BCUT2D eigenvalue weighted by atomic mass is 10.3. The molecule has 0 atom stereocenters. The van der Waals surface area contributed by atoms with E-state index in [0.717, 1.165) is 5.69 Å². The Morgan fingerprint density at radius 1 is 1.21 bits per heavy atom. The summed E-state index contributed by atoms with van der Waals surface area (Å²) in [5.41, 5.74) is 1.54. The van der Waals surface area contributed by atoms with Crippen molar-refractivity contribution in [1.82, 2.24) is 10.3 Å². The highest BCUT2D eigenvalue weighted by Gasteiger charge is 2.01. The number of benzene rings is 1. The van der Waals surface area contributed by atoms with E-state index in [9.17, 15) is 4.79 Å². The van der Waals surface area contributed by atoms with E-state index >= 15 is 0 Å². The lowest BCUT2D eigenvalue weighted by Crippen LogP contribution is -2.32. The van der Waals surface area contributed by atoms with Gasteiger partial charge in [0.25, 0.3) is 0 Å². The molecule has 0 unspecified atom stereocenters. The number of amides is 2. The van der Waals surface area contributed by atoms with Gasteiger partial charge in [-0.3, -0.25) is 4.98 Å². The smallest absolute Gasteiger partial charge is 0.321 e. The molecule has 0 aliphatic rings. The highest BCUT2D eigenvalue weighted by Crippen LogP contribution is 2.07. The summed E-state index contributed by atoms with van der Waals surface area (Å²) in [6.45, 7) is 1.99. The van der Waals surface area contributed by atoms with Crippen LogP contribution in [0.3, 0.4) is 0 Å². The molecule has 5 nitrogen and oxygen atoms in total. The molecule has 0 saturated heterocycles. The third kappa shape index (κ3) is 4.31. The van der Waals surface area contributed by atoms with E-state index in [2.05, 4.69) is 15.6 Å². The van der Waals surface area contributed by atoms with Gasteiger partial charge in [-0.1, -0.05) is 18.2 Å². The number of urea groups is 1. The summed E-state index contributed by atoms with van der Waals surface area (Å²) in [5.74, 6) is 0.708.